The third kappa shape index (κ3) is 3.06. The molecule has 1 amide bonds. The summed E-state index contributed by atoms with van der Waals surface area (Å²) in [4.78, 5) is 13.9. The van der Waals surface area contributed by atoms with Crippen LogP contribution in [0.15, 0.2) is 18.2 Å². The molecule has 0 aliphatic carbocycles. The molecule has 0 saturated carbocycles. The number of aryl methyl sites for hydroxylation is 1. The Morgan fingerprint density at radius 3 is 2.53 bits per heavy atom. The van der Waals surface area contributed by atoms with Crippen LogP contribution in [0.5, 0.6) is 0 Å². The van der Waals surface area contributed by atoms with Gasteiger partial charge in [-0.1, -0.05) is 15.9 Å². The number of amides is 1. The normalized spacial score (nSPS) is 11.4. The number of rotatable bonds is 3. The predicted octanol–water partition coefficient (Wildman–Crippen LogP) is 3.38. The average molecular weight is 302 g/mol. The highest BCUT2D eigenvalue weighted by Gasteiger charge is 2.27. The van der Waals surface area contributed by atoms with E-state index in [2.05, 4.69) is 15.9 Å². The third-order valence-corrected chi connectivity index (χ3v) is 4.32. The molecule has 1 aromatic carbocycles. The number of benzene rings is 1. The standard InChI is InChI=1S/C13H17BrFNO/c1-9-7-10(5-6-11(9)15)12(17)16(4)13(2,3)8-14/h5-7H,8H2,1-4H3. The minimum absolute atomic E-state index is 0.0995. The van der Waals surface area contributed by atoms with Crippen LogP contribution in [0.25, 0.3) is 0 Å². The van der Waals surface area contributed by atoms with Crippen molar-refractivity contribution in [2.75, 3.05) is 12.4 Å². The second-order valence-electron chi connectivity index (χ2n) is 4.77. The van der Waals surface area contributed by atoms with Crippen molar-refractivity contribution in [2.24, 2.45) is 0 Å². The molecule has 0 bridgehead atoms. The molecule has 0 fully saturated rings. The lowest BCUT2D eigenvalue weighted by molar-refractivity contribution is 0.0663. The zero-order chi connectivity index (χ0) is 13.2. The molecule has 4 heteroatoms. The van der Waals surface area contributed by atoms with Crippen molar-refractivity contribution < 1.29 is 9.18 Å². The highest BCUT2D eigenvalue weighted by molar-refractivity contribution is 9.09. The van der Waals surface area contributed by atoms with Crippen LogP contribution in [0.1, 0.15) is 29.8 Å². The fourth-order valence-corrected chi connectivity index (χ4v) is 1.71. The number of alkyl halides is 1. The molecule has 0 aromatic heterocycles. The molecule has 0 aliphatic rings. The first-order valence-electron chi connectivity index (χ1n) is 5.40. The van der Waals surface area contributed by atoms with Gasteiger partial charge in [0.2, 0.25) is 0 Å². The third-order valence-electron chi connectivity index (χ3n) is 2.94. The van der Waals surface area contributed by atoms with Gasteiger partial charge in [-0.25, -0.2) is 4.39 Å². The van der Waals surface area contributed by atoms with Gasteiger partial charge in [-0.2, -0.15) is 0 Å². The first kappa shape index (κ1) is 14.2. The Bertz CT molecular complexity index is 431. The average Bonchev–Trinajstić information content (AvgIpc) is 2.30. The van der Waals surface area contributed by atoms with Crippen LogP contribution in [-0.2, 0) is 0 Å². The van der Waals surface area contributed by atoms with Crippen LogP contribution < -0.4 is 0 Å². The highest BCUT2D eigenvalue weighted by atomic mass is 79.9. The Morgan fingerprint density at radius 2 is 2.06 bits per heavy atom. The summed E-state index contributed by atoms with van der Waals surface area (Å²) in [5, 5.41) is 0.683. The second kappa shape index (κ2) is 5.17. The molecule has 0 atom stereocenters. The molecule has 0 heterocycles. The minimum Gasteiger partial charge on any atom is -0.336 e. The van der Waals surface area contributed by atoms with Gasteiger partial charge in [0, 0.05) is 23.5 Å². The van der Waals surface area contributed by atoms with Crippen molar-refractivity contribution in [3.8, 4) is 0 Å². The van der Waals surface area contributed by atoms with Crippen LogP contribution in [-0.4, -0.2) is 28.7 Å². The zero-order valence-corrected chi connectivity index (χ0v) is 12.1. The molecule has 2 nitrogen and oxygen atoms in total. The van der Waals surface area contributed by atoms with E-state index in [1.54, 1.807) is 24.9 Å². The van der Waals surface area contributed by atoms with Crippen LogP contribution in [0, 0.1) is 12.7 Å². The molecular formula is C13H17BrFNO. The highest BCUT2D eigenvalue weighted by Crippen LogP contribution is 2.19. The van der Waals surface area contributed by atoms with Gasteiger partial charge < -0.3 is 4.90 Å². The lowest BCUT2D eigenvalue weighted by Gasteiger charge is -2.34. The summed E-state index contributed by atoms with van der Waals surface area (Å²) in [5.74, 6) is -0.387. The van der Waals surface area contributed by atoms with E-state index in [0.29, 0.717) is 16.5 Å². The second-order valence-corrected chi connectivity index (χ2v) is 5.33. The van der Waals surface area contributed by atoms with E-state index in [0.717, 1.165) is 0 Å². The molecule has 1 aromatic rings. The van der Waals surface area contributed by atoms with Crippen LogP contribution >= 0.6 is 15.9 Å². The number of hydrogen-bond acceptors (Lipinski definition) is 1. The zero-order valence-electron chi connectivity index (χ0n) is 10.6. The summed E-state index contributed by atoms with van der Waals surface area (Å²) in [6.07, 6.45) is 0. The maximum Gasteiger partial charge on any atom is 0.254 e. The van der Waals surface area contributed by atoms with Gasteiger partial charge in [0.25, 0.3) is 5.91 Å². The van der Waals surface area contributed by atoms with Crippen LogP contribution in [0.4, 0.5) is 4.39 Å². The van der Waals surface area contributed by atoms with Crippen LogP contribution in [0.2, 0.25) is 0 Å². The minimum atomic E-state index is -0.288. The Labute approximate surface area is 110 Å². The van der Waals surface area contributed by atoms with E-state index in [-0.39, 0.29) is 17.3 Å². The van der Waals surface area contributed by atoms with Crippen molar-refractivity contribution in [3.63, 3.8) is 0 Å². The summed E-state index contributed by atoms with van der Waals surface area (Å²) in [7, 11) is 1.75. The molecule has 0 spiro atoms. The molecule has 94 valence electrons. The molecule has 0 unspecified atom stereocenters. The SMILES string of the molecule is Cc1cc(C(=O)N(C)C(C)(C)CBr)ccc1F. The Morgan fingerprint density at radius 1 is 1.47 bits per heavy atom. The smallest absolute Gasteiger partial charge is 0.254 e. The van der Waals surface area contributed by atoms with Crippen molar-refractivity contribution in [2.45, 2.75) is 26.3 Å². The van der Waals surface area contributed by atoms with Gasteiger partial charge in [0.05, 0.1) is 0 Å². The van der Waals surface area contributed by atoms with Crippen molar-refractivity contribution in [3.05, 3.63) is 35.1 Å². The summed E-state index contributed by atoms with van der Waals surface area (Å²) >= 11 is 3.38. The van der Waals surface area contributed by atoms with Crippen molar-refractivity contribution in [1.82, 2.24) is 4.90 Å². The van der Waals surface area contributed by atoms with E-state index >= 15 is 0 Å². The molecular weight excluding hydrogens is 285 g/mol. The van der Waals surface area contributed by atoms with E-state index in [1.807, 2.05) is 13.8 Å². The monoisotopic (exact) mass is 301 g/mol. The molecule has 0 N–H and O–H groups in total. The number of halogens is 2. The molecule has 0 aliphatic heterocycles. The van der Waals surface area contributed by atoms with Gasteiger partial charge >= 0.3 is 0 Å². The first-order valence-corrected chi connectivity index (χ1v) is 6.52. The number of nitrogens with zero attached hydrogens (tertiary/aromatic N) is 1. The quantitative estimate of drug-likeness (QED) is 0.784. The first-order chi connectivity index (χ1) is 7.79. The maximum atomic E-state index is 13.1. The van der Waals surface area contributed by atoms with E-state index in [4.69, 9.17) is 0 Å². The van der Waals surface area contributed by atoms with Gasteiger partial charge in [-0.05, 0) is 44.5 Å². The fraction of sp³-hybridized carbons (Fsp3) is 0.462. The van der Waals surface area contributed by atoms with E-state index in [1.165, 1.54) is 12.1 Å². The summed E-state index contributed by atoms with van der Waals surface area (Å²) < 4.78 is 13.1. The van der Waals surface area contributed by atoms with E-state index < -0.39 is 0 Å². The lowest BCUT2D eigenvalue weighted by atomic mass is 10.0. The van der Waals surface area contributed by atoms with Gasteiger partial charge in [0.15, 0.2) is 0 Å². The van der Waals surface area contributed by atoms with Crippen molar-refractivity contribution >= 4 is 21.8 Å². The van der Waals surface area contributed by atoms with Crippen LogP contribution in [0.3, 0.4) is 0 Å². The topological polar surface area (TPSA) is 20.3 Å². The molecule has 0 radical (unpaired) electrons. The van der Waals surface area contributed by atoms with Gasteiger partial charge in [-0.3, -0.25) is 4.79 Å². The summed E-state index contributed by atoms with van der Waals surface area (Å²) in [6, 6.07) is 4.43. The predicted molar refractivity (Wildman–Crippen MR) is 71.1 cm³/mol. The maximum absolute atomic E-state index is 13.1. The lowest BCUT2D eigenvalue weighted by Crippen LogP contribution is -2.46. The summed E-state index contributed by atoms with van der Waals surface area (Å²) in [6.45, 7) is 5.59. The number of carbonyl (C=O) groups excluding carboxylic acids is 1. The largest absolute Gasteiger partial charge is 0.336 e. The number of carbonyl (C=O) groups is 1. The Balaban J connectivity index is 3.01. The fourth-order valence-electron chi connectivity index (χ4n) is 1.34. The molecule has 0 saturated heterocycles. The van der Waals surface area contributed by atoms with Gasteiger partial charge in [-0.15, -0.1) is 0 Å². The Kier molecular flexibility index (Phi) is 4.31. The summed E-state index contributed by atoms with van der Waals surface area (Å²) in [5.41, 5.74) is 0.723. The molecule has 17 heavy (non-hydrogen) atoms. The van der Waals surface area contributed by atoms with E-state index in [9.17, 15) is 9.18 Å². The van der Waals surface area contributed by atoms with Gasteiger partial charge in [0.1, 0.15) is 5.82 Å². The number of hydrogen-bond donors (Lipinski definition) is 0. The molecule has 1 rings (SSSR count). The van der Waals surface area contributed by atoms with Crippen molar-refractivity contribution in [1.29, 1.82) is 0 Å². The Hall–Kier alpha value is -0.900.